The minimum Gasteiger partial charge on any atom is -0.356 e. The molecule has 0 aliphatic carbocycles. The number of nitrogens with one attached hydrogen (secondary N) is 3. The maximum Gasteiger partial charge on any atom is 0.227 e. The first-order chi connectivity index (χ1) is 15.0. The lowest BCUT2D eigenvalue weighted by Gasteiger charge is -2.15. The normalized spacial score (nSPS) is 11.3. The first kappa shape index (κ1) is 22.0. The largest absolute Gasteiger partial charge is 0.356 e. The molecule has 0 fully saturated rings. The Morgan fingerprint density at radius 2 is 1.90 bits per heavy atom. The Kier molecular flexibility index (Phi) is 7.37. The molecule has 1 aromatic carbocycles. The van der Waals surface area contributed by atoms with Gasteiger partial charge in [0, 0.05) is 38.4 Å². The maximum absolute atomic E-state index is 12.1. The molecular formula is C23H29N7O. The number of guanidine groups is 1. The van der Waals surface area contributed by atoms with Gasteiger partial charge in [-0.05, 0) is 50.1 Å². The molecule has 0 saturated heterocycles. The van der Waals surface area contributed by atoms with Crippen LogP contribution in [0.2, 0.25) is 0 Å². The van der Waals surface area contributed by atoms with Crippen LogP contribution in [0.3, 0.4) is 0 Å². The molecule has 31 heavy (non-hydrogen) atoms. The quantitative estimate of drug-likeness (QED) is 0.404. The number of anilines is 1. The summed E-state index contributed by atoms with van der Waals surface area (Å²) in [7, 11) is 1.71. The fourth-order valence-corrected chi connectivity index (χ4v) is 3.18. The number of aliphatic imine (C=N–C) groups is 1. The monoisotopic (exact) mass is 419 g/mol. The molecular weight excluding hydrogens is 390 g/mol. The van der Waals surface area contributed by atoms with Crippen LogP contribution >= 0.6 is 0 Å². The molecule has 3 aromatic rings. The van der Waals surface area contributed by atoms with Crippen LogP contribution in [0.1, 0.15) is 28.9 Å². The number of aryl methyl sites for hydroxylation is 3. The molecule has 0 radical (unpaired) electrons. The summed E-state index contributed by atoms with van der Waals surface area (Å²) in [6.07, 6.45) is 2.03. The Labute approximate surface area is 182 Å². The molecule has 162 valence electrons. The van der Waals surface area contributed by atoms with E-state index in [2.05, 4.69) is 49.2 Å². The van der Waals surface area contributed by atoms with E-state index >= 15 is 0 Å². The standard InChI is InChI=1S/C23H29N7O/c1-16-9-10-21(26-14-16)28-22(31)11-12-25-23(24-4)27-15-19-7-5-6-8-20(19)30-18(3)13-17(2)29-30/h5-10,13-14H,11-12,15H2,1-4H3,(H2,24,25,27)(H,26,28,31). The highest BCUT2D eigenvalue weighted by Crippen LogP contribution is 2.16. The average molecular weight is 420 g/mol. The molecule has 2 aromatic heterocycles. The minimum atomic E-state index is -0.103. The van der Waals surface area contributed by atoms with Crippen LogP contribution in [0.25, 0.3) is 5.69 Å². The van der Waals surface area contributed by atoms with Crippen molar-refractivity contribution >= 4 is 17.7 Å². The van der Waals surface area contributed by atoms with Gasteiger partial charge in [-0.15, -0.1) is 0 Å². The van der Waals surface area contributed by atoms with Crippen molar-refractivity contribution in [2.45, 2.75) is 33.7 Å². The van der Waals surface area contributed by atoms with Gasteiger partial charge in [0.15, 0.2) is 5.96 Å². The highest BCUT2D eigenvalue weighted by molar-refractivity contribution is 5.90. The first-order valence-electron chi connectivity index (χ1n) is 10.2. The van der Waals surface area contributed by atoms with E-state index in [1.807, 2.05) is 43.7 Å². The molecule has 0 saturated carbocycles. The molecule has 8 heteroatoms. The molecule has 0 unspecified atom stereocenters. The van der Waals surface area contributed by atoms with Crippen LogP contribution in [0.5, 0.6) is 0 Å². The van der Waals surface area contributed by atoms with Crippen molar-refractivity contribution in [3.63, 3.8) is 0 Å². The van der Waals surface area contributed by atoms with Crippen LogP contribution in [0.15, 0.2) is 53.7 Å². The Balaban J connectivity index is 1.52. The minimum absolute atomic E-state index is 0.103. The summed E-state index contributed by atoms with van der Waals surface area (Å²) in [6.45, 7) is 7.02. The summed E-state index contributed by atoms with van der Waals surface area (Å²) in [5.41, 5.74) is 5.24. The lowest BCUT2D eigenvalue weighted by molar-refractivity contribution is -0.116. The molecule has 0 atom stereocenters. The zero-order valence-corrected chi connectivity index (χ0v) is 18.4. The molecule has 0 spiro atoms. The average Bonchev–Trinajstić information content (AvgIpc) is 3.10. The SMILES string of the molecule is CN=C(NCCC(=O)Nc1ccc(C)cn1)NCc1ccccc1-n1nc(C)cc1C. The third kappa shape index (κ3) is 6.15. The summed E-state index contributed by atoms with van der Waals surface area (Å²) in [4.78, 5) is 20.6. The summed E-state index contributed by atoms with van der Waals surface area (Å²) in [5.74, 6) is 1.08. The number of carbonyl (C=O) groups excluding carboxylic acids is 1. The number of nitrogens with zero attached hydrogens (tertiary/aromatic N) is 4. The van der Waals surface area contributed by atoms with Crippen LogP contribution in [0.4, 0.5) is 5.82 Å². The number of aromatic nitrogens is 3. The number of hydrogen-bond acceptors (Lipinski definition) is 4. The zero-order chi connectivity index (χ0) is 22.2. The Morgan fingerprint density at radius 1 is 1.10 bits per heavy atom. The molecule has 3 N–H and O–H groups in total. The smallest absolute Gasteiger partial charge is 0.227 e. The van der Waals surface area contributed by atoms with E-state index in [0.29, 0.717) is 31.3 Å². The Bertz CT molecular complexity index is 1050. The number of rotatable bonds is 7. The maximum atomic E-state index is 12.1. The Morgan fingerprint density at radius 3 is 2.58 bits per heavy atom. The van der Waals surface area contributed by atoms with Gasteiger partial charge in [-0.1, -0.05) is 24.3 Å². The topological polar surface area (TPSA) is 96.2 Å². The third-order valence-corrected chi connectivity index (χ3v) is 4.72. The van der Waals surface area contributed by atoms with Crippen molar-refractivity contribution in [1.29, 1.82) is 0 Å². The number of pyridine rings is 1. The fourth-order valence-electron chi connectivity index (χ4n) is 3.18. The van der Waals surface area contributed by atoms with Gasteiger partial charge in [-0.25, -0.2) is 9.67 Å². The number of amides is 1. The summed E-state index contributed by atoms with van der Waals surface area (Å²) in [6, 6.07) is 13.9. The number of benzene rings is 1. The van der Waals surface area contributed by atoms with E-state index in [9.17, 15) is 4.79 Å². The van der Waals surface area contributed by atoms with Gasteiger partial charge in [0.2, 0.25) is 5.91 Å². The Hall–Kier alpha value is -3.68. The molecule has 2 heterocycles. The van der Waals surface area contributed by atoms with Crippen molar-refractivity contribution in [3.8, 4) is 5.69 Å². The van der Waals surface area contributed by atoms with Gasteiger partial charge in [-0.2, -0.15) is 5.10 Å². The number of hydrogen-bond donors (Lipinski definition) is 3. The van der Waals surface area contributed by atoms with Crippen molar-refractivity contribution in [2.24, 2.45) is 4.99 Å². The van der Waals surface area contributed by atoms with E-state index in [1.165, 1.54) is 0 Å². The van der Waals surface area contributed by atoms with Gasteiger partial charge in [0.25, 0.3) is 0 Å². The van der Waals surface area contributed by atoms with Crippen LogP contribution in [-0.2, 0) is 11.3 Å². The van der Waals surface area contributed by atoms with Crippen LogP contribution < -0.4 is 16.0 Å². The third-order valence-electron chi connectivity index (χ3n) is 4.72. The molecule has 0 aliphatic heterocycles. The van der Waals surface area contributed by atoms with E-state index in [0.717, 1.165) is 28.2 Å². The number of para-hydroxylation sites is 1. The second kappa shape index (κ2) is 10.4. The van der Waals surface area contributed by atoms with Crippen molar-refractivity contribution < 1.29 is 4.79 Å². The lowest BCUT2D eigenvalue weighted by atomic mass is 10.1. The van der Waals surface area contributed by atoms with Crippen molar-refractivity contribution in [1.82, 2.24) is 25.4 Å². The fraction of sp³-hybridized carbons (Fsp3) is 0.304. The summed E-state index contributed by atoms with van der Waals surface area (Å²) >= 11 is 0. The van der Waals surface area contributed by atoms with E-state index in [1.54, 1.807) is 19.3 Å². The van der Waals surface area contributed by atoms with Crippen molar-refractivity contribution in [3.05, 3.63) is 71.2 Å². The van der Waals surface area contributed by atoms with E-state index in [4.69, 9.17) is 0 Å². The molecule has 8 nitrogen and oxygen atoms in total. The first-order valence-corrected chi connectivity index (χ1v) is 10.2. The predicted molar refractivity (Wildman–Crippen MR) is 123 cm³/mol. The molecule has 0 bridgehead atoms. The van der Waals surface area contributed by atoms with Gasteiger partial charge >= 0.3 is 0 Å². The van der Waals surface area contributed by atoms with E-state index in [-0.39, 0.29) is 5.91 Å². The highest BCUT2D eigenvalue weighted by atomic mass is 16.1. The molecule has 0 aliphatic rings. The highest BCUT2D eigenvalue weighted by Gasteiger charge is 2.09. The zero-order valence-electron chi connectivity index (χ0n) is 18.4. The van der Waals surface area contributed by atoms with Gasteiger partial charge in [0.05, 0.1) is 11.4 Å². The molecule has 3 rings (SSSR count). The molecule has 1 amide bonds. The summed E-state index contributed by atoms with van der Waals surface area (Å²) in [5, 5.41) is 13.9. The number of carbonyl (C=O) groups is 1. The second-order valence-electron chi connectivity index (χ2n) is 7.34. The summed E-state index contributed by atoms with van der Waals surface area (Å²) < 4.78 is 1.95. The van der Waals surface area contributed by atoms with E-state index < -0.39 is 0 Å². The second-order valence-corrected chi connectivity index (χ2v) is 7.34. The van der Waals surface area contributed by atoms with Crippen LogP contribution in [0, 0.1) is 20.8 Å². The lowest BCUT2D eigenvalue weighted by Crippen LogP contribution is -2.38. The van der Waals surface area contributed by atoms with Crippen LogP contribution in [-0.4, -0.2) is 40.2 Å². The van der Waals surface area contributed by atoms with Crippen molar-refractivity contribution in [2.75, 3.05) is 18.9 Å². The van der Waals surface area contributed by atoms with Gasteiger partial charge < -0.3 is 16.0 Å². The van der Waals surface area contributed by atoms with Gasteiger partial charge in [0.1, 0.15) is 5.82 Å². The van der Waals surface area contributed by atoms with Gasteiger partial charge in [-0.3, -0.25) is 9.79 Å². The predicted octanol–water partition coefficient (Wildman–Crippen LogP) is 2.89.